The first-order valence-corrected chi connectivity index (χ1v) is 8.92. The maximum atomic E-state index is 13.6. The number of carbonyl (C=O) groups excluding carboxylic acids is 2. The number of benzene rings is 2. The lowest BCUT2D eigenvalue weighted by atomic mass is 9.94. The van der Waals surface area contributed by atoms with E-state index in [1.165, 1.54) is 0 Å². The molecule has 0 heterocycles. The van der Waals surface area contributed by atoms with Crippen LogP contribution in [-0.2, 0) is 6.18 Å². The van der Waals surface area contributed by atoms with Gasteiger partial charge in [0.2, 0.25) is 0 Å². The van der Waals surface area contributed by atoms with Gasteiger partial charge in [-0.3, -0.25) is 9.59 Å². The van der Waals surface area contributed by atoms with Crippen molar-refractivity contribution in [3.63, 3.8) is 0 Å². The predicted octanol–water partition coefficient (Wildman–Crippen LogP) is 7.39. The minimum Gasteiger partial charge on any atom is -0.298 e. The summed E-state index contributed by atoms with van der Waals surface area (Å²) in [6.07, 6.45) is -7.97. The van der Waals surface area contributed by atoms with Crippen LogP contribution in [0.15, 0.2) is 36.4 Å². The molecule has 0 saturated carbocycles. The zero-order valence-corrected chi connectivity index (χ0v) is 16.5. The van der Waals surface area contributed by atoms with E-state index in [0.29, 0.717) is 12.1 Å². The lowest BCUT2D eigenvalue weighted by molar-refractivity contribution is -0.139. The van der Waals surface area contributed by atoms with Gasteiger partial charge in [-0.1, -0.05) is 47.5 Å². The second-order valence-electron chi connectivity index (χ2n) is 6.26. The van der Waals surface area contributed by atoms with Gasteiger partial charge in [-0.05, 0) is 36.2 Å². The van der Waals surface area contributed by atoms with E-state index >= 15 is 0 Å². The summed E-state index contributed by atoms with van der Waals surface area (Å²) in [5, 5.41) is -0.487. The van der Waals surface area contributed by atoms with Gasteiger partial charge in [0.25, 0.3) is 0 Å². The highest BCUT2D eigenvalue weighted by molar-refractivity contribution is 6.43. The third kappa shape index (κ3) is 5.43. The average molecular weight is 469 g/mol. The van der Waals surface area contributed by atoms with Crippen LogP contribution >= 0.6 is 23.2 Å². The van der Waals surface area contributed by atoms with Crippen molar-refractivity contribution in [2.24, 2.45) is 0 Å². The van der Waals surface area contributed by atoms with Gasteiger partial charge >= 0.3 is 12.4 Å². The molecule has 160 valence electrons. The normalized spacial score (nSPS) is 13.5. The number of Topliss-reactive ketones (excluding diaryl/α,β-unsaturated/α-hetero) is 1. The van der Waals surface area contributed by atoms with E-state index in [4.69, 9.17) is 23.2 Å². The van der Waals surface area contributed by atoms with Gasteiger partial charge < -0.3 is 0 Å². The largest absolute Gasteiger partial charge is 0.417 e. The topological polar surface area (TPSA) is 34.1 Å². The van der Waals surface area contributed by atoms with Crippen molar-refractivity contribution >= 4 is 41.3 Å². The summed E-state index contributed by atoms with van der Waals surface area (Å²) < 4.78 is 80.3. The van der Waals surface area contributed by atoms with Crippen molar-refractivity contribution in [1.29, 1.82) is 0 Å². The van der Waals surface area contributed by atoms with Crippen LogP contribution in [-0.4, -0.2) is 18.2 Å². The van der Waals surface area contributed by atoms with Crippen LogP contribution in [0, 0.1) is 0 Å². The van der Waals surface area contributed by atoms with Gasteiger partial charge in [-0.15, -0.1) is 0 Å². The number of alkyl halides is 6. The van der Waals surface area contributed by atoms with Crippen LogP contribution in [0.3, 0.4) is 0 Å². The highest BCUT2D eigenvalue weighted by atomic mass is 35.5. The van der Waals surface area contributed by atoms with Gasteiger partial charge in [0, 0.05) is 11.1 Å². The highest BCUT2D eigenvalue weighted by Gasteiger charge is 2.39. The van der Waals surface area contributed by atoms with Crippen LogP contribution in [0.4, 0.5) is 26.3 Å². The molecule has 2 aromatic carbocycles. The molecule has 1 atom stereocenters. The number of hydrogen-bond acceptors (Lipinski definition) is 2. The molecule has 0 aliphatic rings. The van der Waals surface area contributed by atoms with Crippen molar-refractivity contribution in [1.82, 2.24) is 0 Å². The monoisotopic (exact) mass is 468 g/mol. The SMILES string of the molecule is CC(=O)c1ccc(/C=C/C(c2cc(Cl)c(Cl)c(C=O)c2)C(F)(F)F)cc1C(F)(F)F. The molecule has 0 bridgehead atoms. The number of hydrogen-bond donors (Lipinski definition) is 0. The molecule has 0 spiro atoms. The predicted molar refractivity (Wildman–Crippen MR) is 101 cm³/mol. The van der Waals surface area contributed by atoms with Crippen molar-refractivity contribution in [3.05, 3.63) is 74.3 Å². The smallest absolute Gasteiger partial charge is 0.298 e. The first-order chi connectivity index (χ1) is 13.8. The Balaban J connectivity index is 2.55. The molecule has 0 aromatic heterocycles. The molecule has 0 saturated heterocycles. The van der Waals surface area contributed by atoms with E-state index in [0.717, 1.165) is 37.3 Å². The Morgan fingerprint density at radius 1 is 1.03 bits per heavy atom. The summed E-state index contributed by atoms with van der Waals surface area (Å²) in [6, 6.07) is 4.42. The van der Waals surface area contributed by atoms with Crippen LogP contribution in [0.2, 0.25) is 10.0 Å². The zero-order valence-electron chi connectivity index (χ0n) is 15.0. The van der Waals surface area contributed by atoms with Gasteiger partial charge in [0.1, 0.15) is 0 Å². The molecule has 2 aromatic rings. The Kier molecular flexibility index (Phi) is 7.04. The molecule has 0 N–H and O–H groups in total. The van der Waals surface area contributed by atoms with Crippen LogP contribution in [0.1, 0.15) is 50.2 Å². The number of halogens is 8. The van der Waals surface area contributed by atoms with Gasteiger partial charge in [0.05, 0.1) is 21.5 Å². The fourth-order valence-corrected chi connectivity index (χ4v) is 3.11. The van der Waals surface area contributed by atoms with E-state index in [2.05, 4.69) is 0 Å². The fourth-order valence-electron chi connectivity index (χ4n) is 2.72. The van der Waals surface area contributed by atoms with Gasteiger partial charge in [-0.2, -0.15) is 26.3 Å². The van der Waals surface area contributed by atoms with Crippen LogP contribution in [0.5, 0.6) is 0 Å². The molecule has 30 heavy (non-hydrogen) atoms. The van der Waals surface area contributed by atoms with Gasteiger partial charge in [-0.25, -0.2) is 0 Å². The maximum Gasteiger partial charge on any atom is 0.417 e. The number of carbonyl (C=O) groups is 2. The molecule has 10 heteroatoms. The second kappa shape index (κ2) is 8.81. The van der Waals surface area contributed by atoms with E-state index in [-0.39, 0.29) is 27.5 Å². The Labute approximate surface area is 177 Å². The molecular formula is C20H12Cl2F6O2. The summed E-state index contributed by atoms with van der Waals surface area (Å²) in [4.78, 5) is 22.4. The van der Waals surface area contributed by atoms with Crippen LogP contribution in [0.25, 0.3) is 6.08 Å². The van der Waals surface area contributed by atoms with Gasteiger partial charge in [0.15, 0.2) is 12.1 Å². The van der Waals surface area contributed by atoms with Crippen molar-refractivity contribution in [2.75, 3.05) is 0 Å². The summed E-state index contributed by atoms with van der Waals surface area (Å²) in [6.45, 7) is 0.953. The summed E-state index contributed by atoms with van der Waals surface area (Å²) in [5.41, 5.74) is -2.71. The summed E-state index contributed by atoms with van der Waals surface area (Å²) in [5.74, 6) is -3.10. The summed E-state index contributed by atoms with van der Waals surface area (Å²) >= 11 is 11.5. The standard InChI is InChI=1S/C20H12Cl2F6O2/c1-10(30)14-4-2-11(6-16(14)20(26,27)28)3-5-15(19(23,24)25)12-7-13(9-29)18(22)17(21)8-12/h2-9,15H,1H3/b5-3+. The number of ketones is 1. The maximum absolute atomic E-state index is 13.6. The number of aldehydes is 1. The molecule has 1 unspecified atom stereocenters. The fraction of sp³-hybridized carbons (Fsp3) is 0.200. The quantitative estimate of drug-likeness (QED) is 0.260. The lowest BCUT2D eigenvalue weighted by Crippen LogP contribution is -2.19. The van der Waals surface area contributed by atoms with E-state index in [9.17, 15) is 35.9 Å². The molecule has 0 aliphatic heterocycles. The Morgan fingerprint density at radius 3 is 2.17 bits per heavy atom. The first-order valence-electron chi connectivity index (χ1n) is 8.17. The van der Waals surface area contributed by atoms with Crippen molar-refractivity contribution in [2.45, 2.75) is 25.2 Å². The second-order valence-corrected chi connectivity index (χ2v) is 7.05. The molecule has 2 rings (SSSR count). The molecule has 2 nitrogen and oxygen atoms in total. The van der Waals surface area contributed by atoms with Crippen molar-refractivity contribution < 1.29 is 35.9 Å². The average Bonchev–Trinajstić information content (AvgIpc) is 2.62. The highest BCUT2D eigenvalue weighted by Crippen LogP contribution is 2.40. The Hall–Kier alpha value is -2.32. The van der Waals surface area contributed by atoms with E-state index in [1.54, 1.807) is 0 Å². The van der Waals surface area contributed by atoms with E-state index < -0.39 is 40.7 Å². The Bertz CT molecular complexity index is 1010. The molecular weight excluding hydrogens is 457 g/mol. The molecule has 0 amide bonds. The number of rotatable bonds is 5. The Morgan fingerprint density at radius 2 is 1.67 bits per heavy atom. The van der Waals surface area contributed by atoms with Crippen molar-refractivity contribution in [3.8, 4) is 0 Å². The molecule has 0 fully saturated rings. The third-order valence-corrected chi connectivity index (χ3v) is 4.94. The summed E-state index contributed by atoms with van der Waals surface area (Å²) in [7, 11) is 0. The minimum atomic E-state index is -4.86. The third-order valence-electron chi connectivity index (χ3n) is 4.13. The minimum absolute atomic E-state index is 0.197. The zero-order chi connectivity index (χ0) is 22.9. The number of allylic oxidation sites excluding steroid dienone is 1. The first kappa shape index (κ1) is 24.0. The molecule has 0 radical (unpaired) electrons. The van der Waals surface area contributed by atoms with E-state index in [1.807, 2.05) is 0 Å². The molecule has 0 aliphatic carbocycles. The lowest BCUT2D eigenvalue weighted by Gasteiger charge is -2.19. The van der Waals surface area contributed by atoms with Crippen LogP contribution < -0.4 is 0 Å².